The molecular formula is C15H21BrFN3O3S. The van der Waals surface area contributed by atoms with E-state index < -0.39 is 22.1 Å². The van der Waals surface area contributed by atoms with Crippen molar-refractivity contribution < 1.29 is 17.6 Å². The van der Waals surface area contributed by atoms with E-state index in [-0.39, 0.29) is 19.5 Å². The largest absolute Gasteiger partial charge is 0.332 e. The van der Waals surface area contributed by atoms with E-state index in [4.69, 9.17) is 0 Å². The molecule has 0 spiro atoms. The van der Waals surface area contributed by atoms with E-state index in [9.17, 15) is 17.6 Å². The summed E-state index contributed by atoms with van der Waals surface area (Å²) in [5.74, 6) is -0.396. The number of hydrogen-bond donors (Lipinski definition) is 1. The first-order valence-electron chi connectivity index (χ1n) is 7.85. The highest BCUT2D eigenvalue weighted by atomic mass is 79.9. The number of nitrogens with zero attached hydrogens (tertiary/aromatic N) is 2. The molecule has 1 fully saturated rings. The summed E-state index contributed by atoms with van der Waals surface area (Å²) in [6.07, 6.45) is 1.98. The highest BCUT2D eigenvalue weighted by molar-refractivity contribution is 9.10. The van der Waals surface area contributed by atoms with Crippen LogP contribution in [-0.2, 0) is 16.6 Å². The second-order valence-corrected chi connectivity index (χ2v) is 8.09. The number of likely N-dealkylation sites (N-methyl/N-ethyl adjacent to an activating group) is 1. The topological polar surface area (TPSA) is 69.7 Å². The summed E-state index contributed by atoms with van der Waals surface area (Å²) in [5.41, 5.74) is 0.420. The summed E-state index contributed by atoms with van der Waals surface area (Å²) >= 11 is 3.11. The summed E-state index contributed by atoms with van der Waals surface area (Å²) in [5, 5.41) is 0. The molecule has 1 saturated heterocycles. The van der Waals surface area contributed by atoms with Crippen LogP contribution in [0.25, 0.3) is 0 Å². The lowest BCUT2D eigenvalue weighted by molar-refractivity contribution is 0.214. The van der Waals surface area contributed by atoms with Crippen molar-refractivity contribution in [3.8, 4) is 0 Å². The molecule has 1 aliphatic heterocycles. The lowest BCUT2D eigenvalue weighted by Crippen LogP contribution is -2.48. The van der Waals surface area contributed by atoms with Gasteiger partial charge in [-0.2, -0.15) is 12.7 Å². The van der Waals surface area contributed by atoms with Crippen molar-refractivity contribution in [1.29, 1.82) is 0 Å². The second kappa shape index (κ2) is 8.26. The maximum Gasteiger partial charge on any atom is 0.332 e. The molecule has 0 aromatic heterocycles. The molecule has 0 saturated carbocycles. The average molecular weight is 422 g/mol. The molecule has 1 heterocycles. The maximum absolute atomic E-state index is 14.0. The lowest BCUT2D eigenvalue weighted by atomic mass is 10.1. The second-order valence-electron chi connectivity index (χ2n) is 5.56. The molecule has 0 bridgehead atoms. The molecule has 1 aromatic rings. The van der Waals surface area contributed by atoms with E-state index in [1.165, 1.54) is 4.90 Å². The molecule has 0 radical (unpaired) electrons. The van der Waals surface area contributed by atoms with E-state index in [0.29, 0.717) is 23.1 Å². The van der Waals surface area contributed by atoms with Gasteiger partial charge in [-0.15, -0.1) is 0 Å². The van der Waals surface area contributed by atoms with Crippen LogP contribution in [0.4, 0.5) is 9.18 Å². The van der Waals surface area contributed by atoms with Gasteiger partial charge in [0.05, 0.1) is 4.47 Å². The van der Waals surface area contributed by atoms with Crippen LogP contribution in [0.15, 0.2) is 22.7 Å². The molecule has 24 heavy (non-hydrogen) atoms. The van der Waals surface area contributed by atoms with Crippen LogP contribution >= 0.6 is 15.9 Å². The number of benzene rings is 1. The van der Waals surface area contributed by atoms with Gasteiger partial charge in [-0.05, 0) is 46.8 Å². The molecule has 0 unspecified atom stereocenters. The van der Waals surface area contributed by atoms with Gasteiger partial charge in [0, 0.05) is 26.2 Å². The average Bonchev–Trinajstić information content (AvgIpc) is 3.05. The van der Waals surface area contributed by atoms with Crippen molar-refractivity contribution in [1.82, 2.24) is 13.9 Å². The Balaban J connectivity index is 2.00. The first-order valence-corrected chi connectivity index (χ1v) is 10.1. The summed E-state index contributed by atoms with van der Waals surface area (Å²) in [6.45, 7) is 3.09. The van der Waals surface area contributed by atoms with Gasteiger partial charge in [-0.1, -0.05) is 19.1 Å². The molecule has 1 aromatic carbocycles. The third kappa shape index (κ3) is 4.67. The third-order valence-corrected chi connectivity index (χ3v) is 6.13. The van der Waals surface area contributed by atoms with E-state index in [1.807, 2.05) is 0 Å². The Hall–Kier alpha value is -1.19. The third-order valence-electron chi connectivity index (χ3n) is 3.96. The zero-order chi connectivity index (χ0) is 17.7. The predicted molar refractivity (Wildman–Crippen MR) is 93.3 cm³/mol. The van der Waals surface area contributed by atoms with Crippen molar-refractivity contribution in [2.24, 2.45) is 0 Å². The molecule has 134 valence electrons. The fourth-order valence-corrected chi connectivity index (χ4v) is 4.15. The molecule has 1 aliphatic rings. The summed E-state index contributed by atoms with van der Waals surface area (Å²) in [6, 6.07) is 4.30. The molecule has 1 N–H and O–H groups in total. The minimum Gasteiger partial charge on any atom is -0.324 e. The maximum atomic E-state index is 14.0. The van der Waals surface area contributed by atoms with Crippen LogP contribution in [0.3, 0.4) is 0 Å². The SMILES string of the molecule is CCN(CCc1cccc(Br)c1F)S(=O)(=O)NC(=O)N1CCCC1. The Kier molecular flexibility index (Phi) is 6.59. The minimum atomic E-state index is -3.94. The summed E-state index contributed by atoms with van der Waals surface area (Å²) in [7, 11) is -3.94. The predicted octanol–water partition coefficient (Wildman–Crippen LogP) is 2.50. The standard InChI is InChI=1S/C15H21BrFN3O3S/c1-2-20(11-8-12-6-5-7-13(16)14(12)17)24(22,23)18-15(21)19-9-3-4-10-19/h5-7H,2-4,8-11H2,1H3,(H,18,21). The normalized spacial score (nSPS) is 15.1. The number of nitrogens with one attached hydrogen (secondary N) is 1. The quantitative estimate of drug-likeness (QED) is 0.766. The fourth-order valence-electron chi connectivity index (χ4n) is 2.59. The van der Waals surface area contributed by atoms with Gasteiger partial charge >= 0.3 is 16.2 Å². The van der Waals surface area contributed by atoms with Crippen LogP contribution < -0.4 is 4.72 Å². The molecular weight excluding hydrogens is 401 g/mol. The fraction of sp³-hybridized carbons (Fsp3) is 0.533. The molecule has 2 amide bonds. The monoisotopic (exact) mass is 421 g/mol. The Morgan fingerprint density at radius 3 is 2.67 bits per heavy atom. The van der Waals surface area contributed by atoms with E-state index in [0.717, 1.165) is 17.1 Å². The van der Waals surface area contributed by atoms with Gasteiger partial charge in [0.15, 0.2) is 0 Å². The van der Waals surface area contributed by atoms with Crippen molar-refractivity contribution in [2.75, 3.05) is 26.2 Å². The molecule has 9 heteroatoms. The van der Waals surface area contributed by atoms with Crippen molar-refractivity contribution in [3.63, 3.8) is 0 Å². The van der Waals surface area contributed by atoms with Crippen LogP contribution in [0, 0.1) is 5.82 Å². The summed E-state index contributed by atoms with van der Waals surface area (Å²) < 4.78 is 42.3. The van der Waals surface area contributed by atoms with E-state index in [2.05, 4.69) is 20.7 Å². The molecule has 2 rings (SSSR count). The number of hydrogen-bond acceptors (Lipinski definition) is 3. The Morgan fingerprint density at radius 2 is 2.04 bits per heavy atom. The highest BCUT2D eigenvalue weighted by Gasteiger charge is 2.27. The van der Waals surface area contributed by atoms with Crippen molar-refractivity contribution in [2.45, 2.75) is 26.2 Å². The summed E-state index contributed by atoms with van der Waals surface area (Å²) in [4.78, 5) is 13.5. The number of halogens is 2. The van der Waals surface area contributed by atoms with Gasteiger partial charge in [0.25, 0.3) is 0 Å². The Labute approximate surface area is 150 Å². The number of carbonyl (C=O) groups excluding carboxylic acids is 1. The Morgan fingerprint density at radius 1 is 1.38 bits per heavy atom. The van der Waals surface area contributed by atoms with Gasteiger partial charge < -0.3 is 4.90 Å². The van der Waals surface area contributed by atoms with Gasteiger partial charge in [-0.3, -0.25) is 0 Å². The van der Waals surface area contributed by atoms with Crippen molar-refractivity contribution >= 4 is 32.2 Å². The molecule has 6 nitrogen and oxygen atoms in total. The van der Waals surface area contributed by atoms with Crippen LogP contribution in [0.2, 0.25) is 0 Å². The van der Waals surface area contributed by atoms with E-state index >= 15 is 0 Å². The molecule has 0 aliphatic carbocycles. The first kappa shape index (κ1) is 19.1. The Bertz CT molecular complexity index is 693. The van der Waals surface area contributed by atoms with Crippen molar-refractivity contribution in [3.05, 3.63) is 34.1 Å². The van der Waals surface area contributed by atoms with Crippen LogP contribution in [-0.4, -0.2) is 49.8 Å². The smallest absolute Gasteiger partial charge is 0.324 e. The first-order chi connectivity index (χ1) is 11.3. The van der Waals surface area contributed by atoms with E-state index in [1.54, 1.807) is 25.1 Å². The minimum absolute atomic E-state index is 0.0898. The number of rotatable bonds is 6. The zero-order valence-corrected chi connectivity index (χ0v) is 15.9. The number of urea groups is 1. The van der Waals surface area contributed by atoms with Gasteiger partial charge in [0.2, 0.25) is 0 Å². The van der Waals surface area contributed by atoms with Crippen LogP contribution in [0.1, 0.15) is 25.3 Å². The number of likely N-dealkylation sites (tertiary alicyclic amines) is 1. The molecule has 0 atom stereocenters. The highest BCUT2D eigenvalue weighted by Crippen LogP contribution is 2.19. The van der Waals surface area contributed by atoms with Crippen LogP contribution in [0.5, 0.6) is 0 Å². The van der Waals surface area contributed by atoms with Gasteiger partial charge in [0.1, 0.15) is 5.82 Å². The van der Waals surface area contributed by atoms with Gasteiger partial charge in [-0.25, -0.2) is 13.9 Å². The number of amides is 2. The zero-order valence-electron chi connectivity index (χ0n) is 13.5. The lowest BCUT2D eigenvalue weighted by Gasteiger charge is -2.23. The number of carbonyl (C=O) groups is 1.